The lowest BCUT2D eigenvalue weighted by Gasteiger charge is -2.04. The van der Waals surface area contributed by atoms with Crippen molar-refractivity contribution in [2.75, 3.05) is 0 Å². The van der Waals surface area contributed by atoms with E-state index in [1.54, 1.807) is 10.9 Å². The molecule has 4 nitrogen and oxygen atoms in total. The van der Waals surface area contributed by atoms with E-state index in [1.807, 2.05) is 60.3 Å². The number of fused-ring (bicyclic) bond motifs is 1. The van der Waals surface area contributed by atoms with Crippen molar-refractivity contribution < 1.29 is 17.0 Å². The Balaban J connectivity index is 0.00000147. The lowest BCUT2D eigenvalue weighted by Crippen LogP contribution is -3.00. The van der Waals surface area contributed by atoms with Crippen LogP contribution in [0.1, 0.15) is 5.56 Å². The van der Waals surface area contributed by atoms with Gasteiger partial charge in [0, 0.05) is 12.1 Å². The fourth-order valence-corrected chi connectivity index (χ4v) is 2.14. The van der Waals surface area contributed by atoms with E-state index in [2.05, 4.69) is 4.98 Å². The average Bonchev–Trinajstić information content (AvgIpc) is 2.44. The molecule has 0 spiro atoms. The highest BCUT2D eigenvalue weighted by Gasteiger charge is 2.08. The molecule has 3 rings (SSSR count). The molecule has 0 fully saturated rings. The molecule has 0 saturated carbocycles. The van der Waals surface area contributed by atoms with E-state index < -0.39 is 0 Å². The molecule has 0 amide bonds. The van der Waals surface area contributed by atoms with E-state index in [9.17, 15) is 4.79 Å². The number of hydrogen-bond acceptors (Lipinski definition) is 2. The second kappa shape index (κ2) is 5.84. The fraction of sp³-hybridized carbons (Fsp3) is 0.133. The summed E-state index contributed by atoms with van der Waals surface area (Å²) < 4.78 is 3.55. The van der Waals surface area contributed by atoms with Gasteiger partial charge >= 0.3 is 0 Å². The zero-order chi connectivity index (χ0) is 13.2. The third-order valence-electron chi connectivity index (χ3n) is 3.15. The molecule has 0 bridgehead atoms. The lowest BCUT2D eigenvalue weighted by atomic mass is 10.1. The highest BCUT2D eigenvalue weighted by atomic mass is 35.5. The largest absolute Gasteiger partial charge is 1.00 e. The molecule has 0 radical (unpaired) electrons. The van der Waals surface area contributed by atoms with E-state index in [-0.39, 0.29) is 18.0 Å². The van der Waals surface area contributed by atoms with Crippen molar-refractivity contribution in [2.45, 2.75) is 13.6 Å². The van der Waals surface area contributed by atoms with Crippen LogP contribution in [0, 0.1) is 6.92 Å². The molecule has 0 aliphatic heterocycles. The first kappa shape index (κ1) is 14.2. The van der Waals surface area contributed by atoms with E-state index >= 15 is 0 Å². The summed E-state index contributed by atoms with van der Waals surface area (Å²) >= 11 is 0. The molecule has 5 heteroatoms. The van der Waals surface area contributed by atoms with Gasteiger partial charge in [0.1, 0.15) is 6.33 Å². The van der Waals surface area contributed by atoms with E-state index in [4.69, 9.17) is 0 Å². The number of pyridine rings is 1. The number of hydrogen-bond donors (Lipinski definition) is 0. The van der Waals surface area contributed by atoms with Gasteiger partial charge in [0.2, 0.25) is 6.67 Å². The molecule has 20 heavy (non-hydrogen) atoms. The van der Waals surface area contributed by atoms with Crippen molar-refractivity contribution in [3.05, 3.63) is 71.0 Å². The number of halogens is 1. The Morgan fingerprint density at radius 3 is 2.65 bits per heavy atom. The van der Waals surface area contributed by atoms with Crippen molar-refractivity contribution in [3.63, 3.8) is 0 Å². The summed E-state index contributed by atoms with van der Waals surface area (Å²) in [5, 5.41) is 0.666. The zero-order valence-corrected chi connectivity index (χ0v) is 11.8. The number of aromatic nitrogens is 3. The smallest absolute Gasteiger partial charge is 0.266 e. The van der Waals surface area contributed by atoms with Gasteiger partial charge < -0.3 is 12.4 Å². The van der Waals surface area contributed by atoms with E-state index in [1.165, 1.54) is 0 Å². The Morgan fingerprint density at radius 1 is 1.15 bits per heavy atom. The van der Waals surface area contributed by atoms with E-state index in [0.29, 0.717) is 12.1 Å². The minimum Gasteiger partial charge on any atom is -1.00 e. The molecule has 0 aliphatic carbocycles. The number of nitrogens with zero attached hydrogens (tertiary/aromatic N) is 3. The van der Waals surface area contributed by atoms with Crippen LogP contribution in [-0.4, -0.2) is 9.55 Å². The highest BCUT2D eigenvalue weighted by Crippen LogP contribution is 2.10. The zero-order valence-electron chi connectivity index (χ0n) is 11.0. The molecule has 1 aromatic carbocycles. The van der Waals surface area contributed by atoms with Crippen molar-refractivity contribution in [2.24, 2.45) is 0 Å². The molecule has 0 unspecified atom stereocenters. The predicted octanol–water partition coefficient (Wildman–Crippen LogP) is -1.50. The Bertz CT molecular complexity index is 784. The summed E-state index contributed by atoms with van der Waals surface area (Å²) in [5.41, 5.74) is 1.79. The summed E-state index contributed by atoms with van der Waals surface area (Å²) in [7, 11) is 0. The highest BCUT2D eigenvalue weighted by molar-refractivity contribution is 5.80. The standard InChI is InChI=1S/C15H14N3O.ClH/c1-12-6-5-7-13-14(12)16-10-18(15(13)19)11-17-8-3-2-4-9-17;/h2-10H,11H2,1H3;1H/q+1;/p-1. The minimum absolute atomic E-state index is 0. The second-order valence-corrected chi connectivity index (χ2v) is 4.52. The lowest BCUT2D eigenvalue weighted by molar-refractivity contribution is -0.701. The van der Waals surface area contributed by atoms with Gasteiger partial charge in [-0.05, 0) is 18.6 Å². The van der Waals surface area contributed by atoms with Crippen molar-refractivity contribution in [1.82, 2.24) is 9.55 Å². The Kier molecular flexibility index (Phi) is 4.15. The van der Waals surface area contributed by atoms with Crippen LogP contribution in [0.2, 0.25) is 0 Å². The summed E-state index contributed by atoms with van der Waals surface area (Å²) in [6.45, 7) is 2.43. The quantitative estimate of drug-likeness (QED) is 0.538. The number of rotatable bonds is 2. The Labute approximate surface area is 122 Å². The van der Waals surface area contributed by atoms with Crippen molar-refractivity contribution in [3.8, 4) is 0 Å². The Hall–Kier alpha value is -2.20. The molecule has 2 aromatic heterocycles. The van der Waals surface area contributed by atoms with Gasteiger partial charge in [-0.25, -0.2) is 9.55 Å². The number of aryl methyl sites for hydroxylation is 1. The van der Waals surface area contributed by atoms with Crippen LogP contribution in [0.25, 0.3) is 10.9 Å². The van der Waals surface area contributed by atoms with Gasteiger partial charge in [0.25, 0.3) is 5.56 Å². The maximum Gasteiger partial charge on any atom is 0.266 e. The third kappa shape index (κ3) is 2.56. The molecule has 2 heterocycles. The second-order valence-electron chi connectivity index (χ2n) is 4.52. The third-order valence-corrected chi connectivity index (χ3v) is 3.15. The van der Waals surface area contributed by atoms with Crippen molar-refractivity contribution >= 4 is 10.9 Å². The molecule has 0 aliphatic rings. The predicted molar refractivity (Wildman–Crippen MR) is 72.8 cm³/mol. The minimum atomic E-state index is -0.00921. The maximum absolute atomic E-state index is 12.4. The molecular weight excluding hydrogens is 274 g/mol. The summed E-state index contributed by atoms with van der Waals surface area (Å²) in [6, 6.07) is 11.5. The SMILES string of the molecule is Cc1cccc2c(=O)n(C[n+]3ccccc3)cnc12.[Cl-]. The van der Waals surface area contributed by atoms with Crippen LogP contribution in [0.15, 0.2) is 59.9 Å². The molecule has 0 N–H and O–H groups in total. The first-order valence-corrected chi connectivity index (χ1v) is 6.14. The monoisotopic (exact) mass is 287 g/mol. The van der Waals surface area contributed by atoms with Crippen molar-refractivity contribution in [1.29, 1.82) is 0 Å². The topological polar surface area (TPSA) is 38.8 Å². The van der Waals surface area contributed by atoms with Gasteiger partial charge in [-0.1, -0.05) is 18.2 Å². The Morgan fingerprint density at radius 2 is 1.90 bits per heavy atom. The van der Waals surface area contributed by atoms with Crippen LogP contribution >= 0.6 is 0 Å². The molecule has 102 valence electrons. The first-order valence-electron chi connectivity index (χ1n) is 6.14. The van der Waals surface area contributed by atoms with Crippen LogP contribution in [0.3, 0.4) is 0 Å². The van der Waals surface area contributed by atoms with Gasteiger partial charge in [-0.2, -0.15) is 4.57 Å². The molecular formula is C15H14ClN3O. The van der Waals surface area contributed by atoms with E-state index in [0.717, 1.165) is 11.1 Å². The maximum atomic E-state index is 12.4. The average molecular weight is 288 g/mol. The van der Waals surface area contributed by atoms with Crippen LogP contribution in [0.4, 0.5) is 0 Å². The first-order chi connectivity index (χ1) is 9.25. The molecule has 0 saturated heterocycles. The molecule has 3 aromatic rings. The van der Waals surface area contributed by atoms with Crippen LogP contribution in [0.5, 0.6) is 0 Å². The number of para-hydroxylation sites is 1. The van der Waals surface area contributed by atoms with Gasteiger partial charge in [0.05, 0.1) is 10.9 Å². The summed E-state index contributed by atoms with van der Waals surface area (Å²) in [5.74, 6) is 0. The van der Waals surface area contributed by atoms with Crippen LogP contribution < -0.4 is 22.5 Å². The normalized spacial score (nSPS) is 10.2. The summed E-state index contributed by atoms with van der Waals surface area (Å²) in [6.07, 6.45) is 5.46. The molecule has 0 atom stereocenters. The summed E-state index contributed by atoms with van der Waals surface area (Å²) in [4.78, 5) is 16.8. The van der Waals surface area contributed by atoms with Crippen LogP contribution in [-0.2, 0) is 6.67 Å². The van der Waals surface area contributed by atoms with Gasteiger partial charge in [-0.15, -0.1) is 0 Å². The van der Waals surface area contributed by atoms with Gasteiger partial charge in [-0.3, -0.25) is 4.79 Å². The van der Waals surface area contributed by atoms with Gasteiger partial charge in [0.15, 0.2) is 12.4 Å². The fourth-order valence-electron chi connectivity index (χ4n) is 2.14. The number of benzene rings is 1.